The van der Waals surface area contributed by atoms with Gasteiger partial charge in [0.1, 0.15) is 0 Å². The minimum absolute atomic E-state index is 0.167. The van der Waals surface area contributed by atoms with Gasteiger partial charge >= 0.3 is 11.9 Å². The molecule has 0 radical (unpaired) electrons. The summed E-state index contributed by atoms with van der Waals surface area (Å²) in [4.78, 5) is 20.0. The Hall–Kier alpha value is -1.06. The number of aliphatic carboxylic acids is 2. The van der Waals surface area contributed by atoms with Gasteiger partial charge in [0.15, 0.2) is 0 Å². The van der Waals surface area contributed by atoms with Gasteiger partial charge in [0.2, 0.25) is 0 Å². The normalized spacial score (nSPS) is 11.2. The molecule has 0 spiro atoms. The molecular weight excluding hydrogens is 208 g/mol. The number of carboxylic acids is 2. The van der Waals surface area contributed by atoms with Crippen molar-refractivity contribution in [2.75, 3.05) is 0 Å². The first kappa shape index (κ1) is 17.3. The molecule has 1 unspecified atom stereocenters. The number of carboxylic acid groups (broad SMARTS) is 2. The lowest BCUT2D eigenvalue weighted by molar-refractivity contribution is -0.141. The maximum absolute atomic E-state index is 10.1. The monoisotopic (exact) mass is 232 g/mol. The summed E-state index contributed by atoms with van der Waals surface area (Å²) in [6, 6.07) is 0. The number of rotatable bonds is 7. The van der Waals surface area contributed by atoms with E-state index in [9.17, 15) is 9.59 Å². The lowest BCUT2D eigenvalue weighted by atomic mass is 10.1. The van der Waals surface area contributed by atoms with E-state index >= 15 is 0 Å². The van der Waals surface area contributed by atoms with Gasteiger partial charge in [0.25, 0.3) is 0 Å². The van der Waals surface area contributed by atoms with Crippen molar-refractivity contribution < 1.29 is 19.8 Å². The van der Waals surface area contributed by atoms with Crippen LogP contribution in [0.5, 0.6) is 0 Å². The van der Waals surface area contributed by atoms with Crippen LogP contribution in [0.15, 0.2) is 0 Å². The molecule has 0 rings (SSSR count). The van der Waals surface area contributed by atoms with E-state index in [0.717, 1.165) is 32.1 Å². The Morgan fingerprint density at radius 2 is 1.62 bits per heavy atom. The van der Waals surface area contributed by atoms with Gasteiger partial charge in [-0.3, -0.25) is 9.59 Å². The molecule has 4 heteroatoms. The van der Waals surface area contributed by atoms with Crippen LogP contribution in [0.4, 0.5) is 0 Å². The third kappa shape index (κ3) is 15.4. The number of hydrogen-bond donors (Lipinski definition) is 2. The van der Waals surface area contributed by atoms with Crippen LogP contribution >= 0.6 is 0 Å². The van der Waals surface area contributed by atoms with Gasteiger partial charge in [-0.15, -0.1) is 0 Å². The van der Waals surface area contributed by atoms with Crippen molar-refractivity contribution in [3.05, 3.63) is 0 Å². The Morgan fingerprint density at radius 3 is 1.88 bits per heavy atom. The highest BCUT2D eigenvalue weighted by Gasteiger charge is 2.07. The number of carbonyl (C=O) groups is 2. The van der Waals surface area contributed by atoms with Crippen LogP contribution in [-0.2, 0) is 9.59 Å². The van der Waals surface area contributed by atoms with Crippen LogP contribution in [0, 0.1) is 5.92 Å². The smallest absolute Gasteiger partial charge is 0.306 e. The molecule has 0 aliphatic carbocycles. The van der Waals surface area contributed by atoms with Gasteiger partial charge in [0, 0.05) is 6.42 Å². The summed E-state index contributed by atoms with van der Waals surface area (Å²) in [5.74, 6) is -1.54. The first-order valence-electron chi connectivity index (χ1n) is 5.90. The second kappa shape index (κ2) is 12.0. The van der Waals surface area contributed by atoms with E-state index in [0.29, 0.717) is 6.42 Å². The van der Waals surface area contributed by atoms with E-state index in [1.165, 1.54) is 0 Å². The van der Waals surface area contributed by atoms with E-state index in [4.69, 9.17) is 10.2 Å². The molecule has 96 valence electrons. The van der Waals surface area contributed by atoms with Crippen molar-refractivity contribution in [2.24, 2.45) is 5.92 Å². The fourth-order valence-corrected chi connectivity index (χ4v) is 1.08. The largest absolute Gasteiger partial charge is 0.481 e. The summed E-state index contributed by atoms with van der Waals surface area (Å²) in [6.07, 6.45) is 5.02. The molecule has 0 aromatic heterocycles. The van der Waals surface area contributed by atoms with Gasteiger partial charge in [-0.1, -0.05) is 40.0 Å². The highest BCUT2D eigenvalue weighted by atomic mass is 16.4. The predicted octanol–water partition coefficient (Wildman–Crippen LogP) is 3.16. The third-order valence-electron chi connectivity index (χ3n) is 2.14. The zero-order valence-electron chi connectivity index (χ0n) is 10.5. The first-order chi connectivity index (χ1) is 7.45. The minimum atomic E-state index is -0.688. The second-order valence-corrected chi connectivity index (χ2v) is 3.88. The van der Waals surface area contributed by atoms with Gasteiger partial charge in [0.05, 0.1) is 5.92 Å². The Bertz CT molecular complexity index is 189. The zero-order valence-corrected chi connectivity index (χ0v) is 10.5. The maximum atomic E-state index is 10.1. The average Bonchev–Trinajstić information content (AvgIpc) is 2.19. The van der Waals surface area contributed by atoms with E-state index in [-0.39, 0.29) is 5.92 Å². The quantitative estimate of drug-likeness (QED) is 0.661. The van der Waals surface area contributed by atoms with Crippen molar-refractivity contribution >= 4 is 11.9 Å². The highest BCUT2D eigenvalue weighted by molar-refractivity contribution is 5.69. The van der Waals surface area contributed by atoms with Crippen molar-refractivity contribution in [3.8, 4) is 0 Å². The van der Waals surface area contributed by atoms with Crippen LogP contribution < -0.4 is 0 Å². The SMILES string of the molecule is CCCC(C)C(=O)O.CCCCCC(=O)O. The molecule has 0 saturated carbocycles. The van der Waals surface area contributed by atoms with E-state index in [1.807, 2.05) is 6.92 Å². The fraction of sp³-hybridized carbons (Fsp3) is 0.833. The molecule has 0 aromatic rings. The molecule has 4 nitrogen and oxygen atoms in total. The summed E-state index contributed by atoms with van der Waals surface area (Å²) in [5, 5.41) is 16.5. The van der Waals surface area contributed by atoms with E-state index in [1.54, 1.807) is 6.92 Å². The van der Waals surface area contributed by atoms with Crippen molar-refractivity contribution in [1.82, 2.24) is 0 Å². The van der Waals surface area contributed by atoms with Crippen molar-refractivity contribution in [2.45, 2.75) is 59.3 Å². The summed E-state index contributed by atoms with van der Waals surface area (Å²) >= 11 is 0. The molecule has 0 amide bonds. The van der Waals surface area contributed by atoms with Crippen LogP contribution in [-0.4, -0.2) is 22.2 Å². The average molecular weight is 232 g/mol. The van der Waals surface area contributed by atoms with Crippen molar-refractivity contribution in [1.29, 1.82) is 0 Å². The fourth-order valence-electron chi connectivity index (χ4n) is 1.08. The maximum Gasteiger partial charge on any atom is 0.306 e. The van der Waals surface area contributed by atoms with Gasteiger partial charge in [-0.05, 0) is 12.8 Å². The van der Waals surface area contributed by atoms with Crippen molar-refractivity contribution in [3.63, 3.8) is 0 Å². The lowest BCUT2D eigenvalue weighted by Gasteiger charge is -2.00. The summed E-state index contributed by atoms with van der Waals surface area (Å²) in [7, 11) is 0. The Kier molecular flexibility index (Phi) is 13.0. The topological polar surface area (TPSA) is 74.6 Å². The molecule has 0 saturated heterocycles. The summed E-state index contributed by atoms with van der Waals surface area (Å²) < 4.78 is 0. The molecular formula is C12H24O4. The number of unbranched alkanes of at least 4 members (excludes halogenated alkanes) is 2. The van der Waals surface area contributed by atoms with Gasteiger partial charge < -0.3 is 10.2 Å². The molecule has 0 heterocycles. The molecule has 0 bridgehead atoms. The molecule has 0 aliphatic rings. The standard InChI is InChI=1S/2C6H12O2/c1-3-4-5(2)6(7)8;1-2-3-4-5-6(7)8/h5H,3-4H2,1-2H3,(H,7,8);2-5H2,1H3,(H,7,8). The lowest BCUT2D eigenvalue weighted by Crippen LogP contribution is -2.08. The Labute approximate surface area is 97.7 Å². The Morgan fingerprint density at radius 1 is 1.06 bits per heavy atom. The molecule has 1 atom stereocenters. The van der Waals surface area contributed by atoms with Crippen LogP contribution in [0.2, 0.25) is 0 Å². The third-order valence-corrected chi connectivity index (χ3v) is 2.14. The van der Waals surface area contributed by atoms with Crippen LogP contribution in [0.1, 0.15) is 59.3 Å². The molecule has 16 heavy (non-hydrogen) atoms. The first-order valence-corrected chi connectivity index (χ1v) is 5.90. The van der Waals surface area contributed by atoms with Gasteiger partial charge in [-0.25, -0.2) is 0 Å². The second-order valence-electron chi connectivity index (χ2n) is 3.88. The highest BCUT2D eigenvalue weighted by Crippen LogP contribution is 2.03. The predicted molar refractivity (Wildman–Crippen MR) is 63.5 cm³/mol. The number of hydrogen-bond acceptors (Lipinski definition) is 2. The minimum Gasteiger partial charge on any atom is -0.481 e. The molecule has 2 N–H and O–H groups in total. The summed E-state index contributed by atoms with van der Waals surface area (Å²) in [6.45, 7) is 5.77. The Balaban J connectivity index is 0. The molecule has 0 fully saturated rings. The van der Waals surface area contributed by atoms with Crippen LogP contribution in [0.25, 0.3) is 0 Å². The van der Waals surface area contributed by atoms with E-state index in [2.05, 4.69) is 6.92 Å². The molecule has 0 aliphatic heterocycles. The molecule has 0 aromatic carbocycles. The summed E-state index contributed by atoms with van der Waals surface area (Å²) in [5.41, 5.74) is 0. The van der Waals surface area contributed by atoms with E-state index < -0.39 is 11.9 Å². The zero-order chi connectivity index (χ0) is 13.0. The van der Waals surface area contributed by atoms with Gasteiger partial charge in [-0.2, -0.15) is 0 Å². The van der Waals surface area contributed by atoms with Crippen LogP contribution in [0.3, 0.4) is 0 Å².